The van der Waals surface area contributed by atoms with E-state index in [1.54, 1.807) is 30.5 Å². The lowest BCUT2D eigenvalue weighted by Crippen LogP contribution is -2.31. The van der Waals surface area contributed by atoms with E-state index in [4.69, 9.17) is 11.6 Å². The van der Waals surface area contributed by atoms with Gasteiger partial charge >= 0.3 is 0 Å². The molecule has 2 aromatic carbocycles. The fourth-order valence-electron chi connectivity index (χ4n) is 2.47. The molecule has 0 radical (unpaired) electrons. The number of phenolic OH excluding ortho intramolecular Hbond substituents is 1. The number of hydrogen-bond acceptors (Lipinski definition) is 3. The first-order valence-corrected chi connectivity index (χ1v) is 7.75. The van der Waals surface area contributed by atoms with Crippen LogP contribution >= 0.6 is 11.6 Å². The molecule has 1 heterocycles. The number of aromatic hydroxyl groups is 1. The number of nitrogens with zero attached hydrogens (tertiary/aromatic N) is 2. The van der Waals surface area contributed by atoms with E-state index < -0.39 is 6.04 Å². The summed E-state index contributed by atoms with van der Waals surface area (Å²) in [5, 5.41) is 13.1. The summed E-state index contributed by atoms with van der Waals surface area (Å²) in [4.78, 5) is 16.9. The second-order valence-electron chi connectivity index (χ2n) is 5.40. The fraction of sp³-hybridized carbons (Fsp3) is 0.111. The van der Waals surface area contributed by atoms with Crippen LogP contribution < -0.4 is 5.32 Å². The Morgan fingerprint density at radius 1 is 1.25 bits per heavy atom. The molecule has 0 aliphatic carbocycles. The molecule has 3 aromatic rings. The molecule has 24 heavy (non-hydrogen) atoms. The second kappa shape index (κ2) is 6.76. The lowest BCUT2D eigenvalue weighted by atomic mass is 10.1. The van der Waals surface area contributed by atoms with E-state index in [1.807, 2.05) is 29.9 Å². The summed E-state index contributed by atoms with van der Waals surface area (Å²) in [7, 11) is 1.87. The van der Waals surface area contributed by atoms with Crippen molar-refractivity contribution in [3.05, 3.63) is 82.9 Å². The maximum atomic E-state index is 12.6. The van der Waals surface area contributed by atoms with Crippen molar-refractivity contribution in [3.8, 4) is 5.75 Å². The number of aromatic nitrogens is 2. The van der Waals surface area contributed by atoms with Crippen molar-refractivity contribution in [3.63, 3.8) is 0 Å². The van der Waals surface area contributed by atoms with E-state index in [2.05, 4.69) is 10.3 Å². The monoisotopic (exact) mass is 341 g/mol. The van der Waals surface area contributed by atoms with Crippen molar-refractivity contribution in [1.29, 1.82) is 0 Å². The van der Waals surface area contributed by atoms with E-state index in [9.17, 15) is 9.90 Å². The van der Waals surface area contributed by atoms with Crippen LogP contribution in [0.15, 0.2) is 60.9 Å². The van der Waals surface area contributed by atoms with Gasteiger partial charge in [-0.25, -0.2) is 4.98 Å². The summed E-state index contributed by atoms with van der Waals surface area (Å²) in [6.45, 7) is 0. The number of carbonyl (C=O) groups is 1. The van der Waals surface area contributed by atoms with Crippen molar-refractivity contribution in [2.75, 3.05) is 0 Å². The molecule has 6 heteroatoms. The zero-order valence-corrected chi connectivity index (χ0v) is 13.7. The maximum Gasteiger partial charge on any atom is 0.252 e. The second-order valence-corrected chi connectivity index (χ2v) is 5.84. The van der Waals surface area contributed by atoms with Gasteiger partial charge in [-0.15, -0.1) is 0 Å². The molecule has 1 aromatic heterocycles. The zero-order chi connectivity index (χ0) is 17.1. The van der Waals surface area contributed by atoms with Crippen LogP contribution in [0.4, 0.5) is 0 Å². The molecule has 1 amide bonds. The number of aryl methyl sites for hydroxylation is 1. The highest BCUT2D eigenvalue weighted by molar-refractivity contribution is 6.30. The minimum atomic E-state index is -0.433. The summed E-state index contributed by atoms with van der Waals surface area (Å²) in [5.41, 5.74) is 1.24. The average molecular weight is 342 g/mol. The van der Waals surface area contributed by atoms with E-state index in [0.717, 1.165) is 5.56 Å². The molecule has 1 unspecified atom stereocenters. The van der Waals surface area contributed by atoms with Gasteiger partial charge < -0.3 is 15.0 Å². The molecule has 0 bridgehead atoms. The lowest BCUT2D eigenvalue weighted by molar-refractivity contribution is 0.0940. The number of carbonyl (C=O) groups excluding carboxylic acids is 1. The van der Waals surface area contributed by atoms with Crippen molar-refractivity contribution in [1.82, 2.24) is 14.9 Å². The summed E-state index contributed by atoms with van der Waals surface area (Å²) in [6.07, 6.45) is 3.50. The Balaban J connectivity index is 1.95. The number of phenols is 1. The van der Waals surface area contributed by atoms with Crippen LogP contribution in [-0.2, 0) is 7.05 Å². The third-order valence-electron chi connectivity index (χ3n) is 3.70. The Labute approximate surface area is 144 Å². The van der Waals surface area contributed by atoms with Gasteiger partial charge in [0.05, 0.1) is 0 Å². The highest BCUT2D eigenvalue weighted by Crippen LogP contribution is 2.23. The van der Waals surface area contributed by atoms with Crippen LogP contribution in [0.2, 0.25) is 5.02 Å². The van der Waals surface area contributed by atoms with Crippen molar-refractivity contribution >= 4 is 17.5 Å². The lowest BCUT2D eigenvalue weighted by Gasteiger charge is -2.19. The summed E-state index contributed by atoms with van der Waals surface area (Å²) >= 11 is 5.96. The maximum absolute atomic E-state index is 12.6. The molecular formula is C18H16ClN3O2. The van der Waals surface area contributed by atoms with E-state index in [0.29, 0.717) is 16.4 Å². The molecular weight excluding hydrogens is 326 g/mol. The number of nitrogens with one attached hydrogen (secondary N) is 1. The first-order valence-electron chi connectivity index (χ1n) is 7.37. The quantitative estimate of drug-likeness (QED) is 0.765. The Morgan fingerprint density at radius 2 is 2.00 bits per heavy atom. The van der Waals surface area contributed by atoms with Gasteiger partial charge in [0.15, 0.2) is 0 Å². The Bertz CT molecular complexity index is 859. The normalized spacial score (nSPS) is 11.9. The minimum Gasteiger partial charge on any atom is -0.508 e. The largest absolute Gasteiger partial charge is 0.508 e. The van der Waals surface area contributed by atoms with Crippen LogP contribution in [0.25, 0.3) is 0 Å². The molecule has 0 fully saturated rings. The molecule has 0 spiro atoms. The van der Waals surface area contributed by atoms with Crippen LogP contribution in [0.5, 0.6) is 5.75 Å². The summed E-state index contributed by atoms with van der Waals surface area (Å²) < 4.78 is 1.85. The molecule has 0 aliphatic rings. The zero-order valence-electron chi connectivity index (χ0n) is 13.0. The van der Waals surface area contributed by atoms with Gasteiger partial charge in [-0.2, -0.15) is 0 Å². The van der Waals surface area contributed by atoms with E-state index in [1.165, 1.54) is 12.1 Å². The van der Waals surface area contributed by atoms with Crippen molar-refractivity contribution in [2.24, 2.45) is 7.05 Å². The van der Waals surface area contributed by atoms with Gasteiger partial charge in [0, 0.05) is 30.0 Å². The number of imidazole rings is 1. The number of rotatable bonds is 4. The number of benzene rings is 2. The first kappa shape index (κ1) is 16.1. The topological polar surface area (TPSA) is 67.2 Å². The van der Waals surface area contributed by atoms with Gasteiger partial charge in [-0.05, 0) is 35.9 Å². The molecule has 122 valence electrons. The Hall–Kier alpha value is -2.79. The minimum absolute atomic E-state index is 0.0442. The highest BCUT2D eigenvalue weighted by atomic mass is 35.5. The number of hydrogen-bond donors (Lipinski definition) is 2. The Kier molecular flexibility index (Phi) is 4.53. The van der Waals surface area contributed by atoms with Crippen LogP contribution in [0.1, 0.15) is 27.8 Å². The van der Waals surface area contributed by atoms with Crippen LogP contribution in [0.3, 0.4) is 0 Å². The van der Waals surface area contributed by atoms with Gasteiger partial charge in [0.2, 0.25) is 0 Å². The molecule has 0 saturated heterocycles. The first-order chi connectivity index (χ1) is 11.5. The third-order valence-corrected chi connectivity index (χ3v) is 3.96. The standard InChI is InChI=1S/C18H16ClN3O2/c1-22-10-9-20-17(22)16(12-5-7-14(19)8-6-12)21-18(24)13-3-2-4-15(23)11-13/h2-11,16,23H,1H3,(H,21,24). The smallest absolute Gasteiger partial charge is 0.252 e. The molecule has 1 atom stereocenters. The molecule has 5 nitrogen and oxygen atoms in total. The highest BCUT2D eigenvalue weighted by Gasteiger charge is 2.21. The molecule has 0 aliphatic heterocycles. The molecule has 0 saturated carbocycles. The average Bonchev–Trinajstić information content (AvgIpc) is 2.99. The predicted molar refractivity (Wildman–Crippen MR) is 92.1 cm³/mol. The van der Waals surface area contributed by atoms with Gasteiger partial charge in [0.25, 0.3) is 5.91 Å². The fourth-order valence-corrected chi connectivity index (χ4v) is 2.60. The summed E-state index contributed by atoms with van der Waals surface area (Å²) in [5.74, 6) is 0.447. The van der Waals surface area contributed by atoms with E-state index in [-0.39, 0.29) is 11.7 Å². The molecule has 2 N–H and O–H groups in total. The number of amides is 1. The van der Waals surface area contributed by atoms with Gasteiger partial charge in [-0.3, -0.25) is 4.79 Å². The van der Waals surface area contributed by atoms with Crippen molar-refractivity contribution < 1.29 is 9.90 Å². The number of halogens is 1. The van der Waals surface area contributed by atoms with Crippen molar-refractivity contribution in [2.45, 2.75) is 6.04 Å². The SMILES string of the molecule is Cn1ccnc1C(NC(=O)c1cccc(O)c1)c1ccc(Cl)cc1. The van der Waals surface area contributed by atoms with Gasteiger partial charge in [0.1, 0.15) is 17.6 Å². The van der Waals surface area contributed by atoms with Gasteiger partial charge in [-0.1, -0.05) is 29.8 Å². The predicted octanol–water partition coefficient (Wildman–Crippen LogP) is 3.30. The van der Waals surface area contributed by atoms with E-state index >= 15 is 0 Å². The van der Waals surface area contributed by atoms with Crippen LogP contribution in [-0.4, -0.2) is 20.6 Å². The van der Waals surface area contributed by atoms with Crippen LogP contribution in [0, 0.1) is 0 Å². The summed E-state index contributed by atoms with van der Waals surface area (Å²) in [6, 6.07) is 13.0. The molecule has 3 rings (SSSR count). The third kappa shape index (κ3) is 3.41. The Morgan fingerprint density at radius 3 is 2.62 bits per heavy atom.